The standard InChI is InChI=1S/C10H16N2O3/c1-3-15-9(13)6-12-10(14)7(2)8-4-11-5-8/h11H,3-6H2,1-2H3,(H,12,14). The molecular weight excluding hydrogens is 196 g/mol. The van der Waals surface area contributed by atoms with E-state index >= 15 is 0 Å². The fourth-order valence-electron chi connectivity index (χ4n) is 1.17. The second-order valence-corrected chi connectivity index (χ2v) is 3.32. The number of hydrogen-bond acceptors (Lipinski definition) is 4. The summed E-state index contributed by atoms with van der Waals surface area (Å²) in [7, 11) is 0. The molecule has 0 aromatic rings. The molecule has 5 heteroatoms. The van der Waals surface area contributed by atoms with E-state index in [1.54, 1.807) is 13.8 Å². The van der Waals surface area contributed by atoms with Gasteiger partial charge in [-0.25, -0.2) is 0 Å². The van der Waals surface area contributed by atoms with Gasteiger partial charge in [-0.05, 0) is 19.4 Å². The molecule has 15 heavy (non-hydrogen) atoms. The lowest BCUT2D eigenvalue weighted by atomic mass is 10.0. The summed E-state index contributed by atoms with van der Waals surface area (Å²) in [4.78, 5) is 22.4. The smallest absolute Gasteiger partial charge is 0.325 e. The molecule has 1 fully saturated rings. The molecule has 2 N–H and O–H groups in total. The van der Waals surface area contributed by atoms with Gasteiger partial charge in [0.25, 0.3) is 0 Å². The van der Waals surface area contributed by atoms with Crippen LogP contribution in [0.25, 0.3) is 0 Å². The molecule has 0 aromatic carbocycles. The van der Waals surface area contributed by atoms with E-state index in [0.29, 0.717) is 12.2 Å². The lowest BCUT2D eigenvalue weighted by Crippen LogP contribution is -2.38. The molecule has 0 spiro atoms. The van der Waals surface area contributed by atoms with E-state index in [9.17, 15) is 9.59 Å². The minimum Gasteiger partial charge on any atom is -0.465 e. The third-order valence-corrected chi connectivity index (χ3v) is 2.25. The summed E-state index contributed by atoms with van der Waals surface area (Å²) in [6.07, 6.45) is 0. The molecule has 0 aliphatic carbocycles. The predicted molar refractivity (Wildman–Crippen MR) is 55.2 cm³/mol. The number of rotatable bonds is 4. The third kappa shape index (κ3) is 3.36. The highest BCUT2D eigenvalue weighted by Gasteiger charge is 2.16. The Morgan fingerprint density at radius 3 is 2.60 bits per heavy atom. The van der Waals surface area contributed by atoms with E-state index in [4.69, 9.17) is 4.74 Å². The summed E-state index contributed by atoms with van der Waals surface area (Å²) in [6, 6.07) is 0. The van der Waals surface area contributed by atoms with Crippen LogP contribution in [0.1, 0.15) is 13.8 Å². The molecule has 1 rings (SSSR count). The number of carbonyl (C=O) groups excluding carboxylic acids is 2. The molecule has 0 saturated carbocycles. The van der Waals surface area contributed by atoms with E-state index in [1.807, 2.05) is 0 Å². The van der Waals surface area contributed by atoms with Crippen molar-refractivity contribution in [3.8, 4) is 0 Å². The number of esters is 1. The zero-order valence-corrected chi connectivity index (χ0v) is 9.05. The molecular formula is C10H16N2O3. The summed E-state index contributed by atoms with van der Waals surface area (Å²) in [5, 5.41) is 5.57. The quantitative estimate of drug-likeness (QED) is 0.491. The summed E-state index contributed by atoms with van der Waals surface area (Å²) < 4.78 is 4.69. The number of ether oxygens (including phenoxy) is 1. The first-order valence-electron chi connectivity index (χ1n) is 4.98. The molecule has 0 aromatic heterocycles. The Kier molecular flexibility index (Phi) is 4.30. The van der Waals surface area contributed by atoms with Gasteiger partial charge in [0.1, 0.15) is 6.54 Å². The lowest BCUT2D eigenvalue weighted by molar-refractivity contribution is -0.143. The lowest BCUT2D eigenvalue weighted by Gasteiger charge is -2.21. The van der Waals surface area contributed by atoms with E-state index in [0.717, 1.165) is 18.7 Å². The van der Waals surface area contributed by atoms with Crippen LogP contribution in [0.15, 0.2) is 11.1 Å². The Morgan fingerprint density at radius 2 is 2.13 bits per heavy atom. The van der Waals surface area contributed by atoms with Gasteiger partial charge in [-0.15, -0.1) is 0 Å². The Bertz CT molecular complexity index is 291. The van der Waals surface area contributed by atoms with Gasteiger partial charge in [0.2, 0.25) is 5.91 Å². The van der Waals surface area contributed by atoms with Gasteiger partial charge in [0, 0.05) is 18.7 Å². The van der Waals surface area contributed by atoms with Crippen LogP contribution in [0.4, 0.5) is 0 Å². The van der Waals surface area contributed by atoms with Gasteiger partial charge in [-0.3, -0.25) is 9.59 Å². The topological polar surface area (TPSA) is 67.4 Å². The zero-order valence-electron chi connectivity index (χ0n) is 9.05. The minimum absolute atomic E-state index is 0.0648. The van der Waals surface area contributed by atoms with Crippen molar-refractivity contribution in [2.24, 2.45) is 0 Å². The van der Waals surface area contributed by atoms with Crippen molar-refractivity contribution in [1.82, 2.24) is 10.6 Å². The van der Waals surface area contributed by atoms with Crippen molar-refractivity contribution in [2.45, 2.75) is 13.8 Å². The molecule has 0 radical (unpaired) electrons. The van der Waals surface area contributed by atoms with Crippen LogP contribution in [0.3, 0.4) is 0 Å². The van der Waals surface area contributed by atoms with Crippen LogP contribution in [-0.2, 0) is 14.3 Å². The second kappa shape index (κ2) is 5.50. The Balaban J connectivity index is 2.33. The molecule has 1 heterocycles. The maximum absolute atomic E-state index is 11.5. The first-order valence-corrected chi connectivity index (χ1v) is 4.98. The monoisotopic (exact) mass is 212 g/mol. The van der Waals surface area contributed by atoms with Gasteiger partial charge in [-0.1, -0.05) is 0 Å². The van der Waals surface area contributed by atoms with Crippen molar-refractivity contribution in [2.75, 3.05) is 26.2 Å². The highest BCUT2D eigenvalue weighted by molar-refractivity contribution is 5.95. The number of nitrogens with one attached hydrogen (secondary N) is 2. The summed E-state index contributed by atoms with van der Waals surface area (Å²) in [5.41, 5.74) is 1.79. The van der Waals surface area contributed by atoms with E-state index in [1.165, 1.54) is 0 Å². The Labute approximate surface area is 88.9 Å². The number of hydrogen-bond donors (Lipinski definition) is 2. The molecule has 1 amide bonds. The second-order valence-electron chi connectivity index (χ2n) is 3.32. The molecule has 1 aliphatic heterocycles. The van der Waals surface area contributed by atoms with Crippen LogP contribution < -0.4 is 10.6 Å². The molecule has 5 nitrogen and oxygen atoms in total. The van der Waals surface area contributed by atoms with Crippen LogP contribution in [0.5, 0.6) is 0 Å². The van der Waals surface area contributed by atoms with Crippen LogP contribution in [0, 0.1) is 0 Å². The first-order chi connectivity index (χ1) is 7.15. The fourth-order valence-corrected chi connectivity index (χ4v) is 1.17. The number of amides is 1. The normalized spacial score (nSPS) is 14.1. The van der Waals surface area contributed by atoms with Crippen molar-refractivity contribution < 1.29 is 14.3 Å². The Morgan fingerprint density at radius 1 is 1.47 bits per heavy atom. The molecule has 1 aliphatic rings. The largest absolute Gasteiger partial charge is 0.465 e. The van der Waals surface area contributed by atoms with Crippen molar-refractivity contribution >= 4 is 11.9 Å². The van der Waals surface area contributed by atoms with Gasteiger partial charge in [0.05, 0.1) is 6.61 Å². The Hall–Kier alpha value is -1.36. The maximum atomic E-state index is 11.5. The third-order valence-electron chi connectivity index (χ3n) is 2.25. The average Bonchev–Trinajstić information content (AvgIpc) is 2.11. The SMILES string of the molecule is CCOC(=O)CNC(=O)C(C)=C1CNC1. The van der Waals surface area contributed by atoms with Crippen molar-refractivity contribution in [3.63, 3.8) is 0 Å². The highest BCUT2D eigenvalue weighted by Crippen LogP contribution is 2.08. The maximum Gasteiger partial charge on any atom is 0.325 e. The van der Waals surface area contributed by atoms with E-state index in [-0.39, 0.29) is 12.5 Å². The number of carbonyl (C=O) groups is 2. The van der Waals surface area contributed by atoms with Crippen LogP contribution in [0.2, 0.25) is 0 Å². The first kappa shape index (κ1) is 11.7. The molecule has 0 atom stereocenters. The van der Waals surface area contributed by atoms with Gasteiger partial charge in [-0.2, -0.15) is 0 Å². The highest BCUT2D eigenvalue weighted by atomic mass is 16.5. The van der Waals surface area contributed by atoms with E-state index in [2.05, 4.69) is 10.6 Å². The minimum atomic E-state index is -0.407. The predicted octanol–water partition coefficient (Wildman–Crippen LogP) is -0.415. The molecule has 84 valence electrons. The van der Waals surface area contributed by atoms with Crippen molar-refractivity contribution in [1.29, 1.82) is 0 Å². The van der Waals surface area contributed by atoms with E-state index < -0.39 is 5.97 Å². The van der Waals surface area contributed by atoms with Crippen LogP contribution in [-0.4, -0.2) is 38.1 Å². The zero-order chi connectivity index (χ0) is 11.3. The van der Waals surface area contributed by atoms with Gasteiger partial charge < -0.3 is 15.4 Å². The molecule has 1 saturated heterocycles. The fraction of sp³-hybridized carbons (Fsp3) is 0.600. The van der Waals surface area contributed by atoms with Gasteiger partial charge >= 0.3 is 5.97 Å². The summed E-state index contributed by atoms with van der Waals surface area (Å²) in [5.74, 6) is -0.602. The van der Waals surface area contributed by atoms with Gasteiger partial charge in [0.15, 0.2) is 0 Å². The average molecular weight is 212 g/mol. The summed E-state index contributed by atoms with van der Waals surface area (Å²) in [6.45, 7) is 5.28. The molecule has 0 unspecified atom stereocenters. The summed E-state index contributed by atoms with van der Waals surface area (Å²) >= 11 is 0. The van der Waals surface area contributed by atoms with Crippen LogP contribution >= 0.6 is 0 Å². The molecule has 0 bridgehead atoms. The van der Waals surface area contributed by atoms with Crippen molar-refractivity contribution in [3.05, 3.63) is 11.1 Å².